The number of hydrogen-bond donors (Lipinski definition) is 2. The summed E-state index contributed by atoms with van der Waals surface area (Å²) in [4.78, 5) is 12.6. The van der Waals surface area contributed by atoms with E-state index in [9.17, 15) is 4.79 Å². The van der Waals surface area contributed by atoms with Crippen molar-refractivity contribution in [1.82, 2.24) is 10.6 Å². The van der Waals surface area contributed by atoms with E-state index in [1.807, 2.05) is 42.5 Å². The fourth-order valence-electron chi connectivity index (χ4n) is 2.76. The highest BCUT2D eigenvalue weighted by Gasteiger charge is 2.18. The van der Waals surface area contributed by atoms with Gasteiger partial charge in [0.15, 0.2) is 0 Å². The van der Waals surface area contributed by atoms with Crippen molar-refractivity contribution in [1.29, 1.82) is 0 Å². The van der Waals surface area contributed by atoms with Crippen molar-refractivity contribution >= 4 is 17.5 Å². The first-order valence-electron chi connectivity index (χ1n) is 8.20. The van der Waals surface area contributed by atoms with E-state index in [0.29, 0.717) is 22.9 Å². The molecule has 2 aromatic rings. The van der Waals surface area contributed by atoms with E-state index in [1.165, 1.54) is 0 Å². The van der Waals surface area contributed by atoms with Gasteiger partial charge in [0.25, 0.3) is 5.91 Å². The lowest BCUT2D eigenvalue weighted by molar-refractivity contribution is 0.0926. The van der Waals surface area contributed by atoms with Crippen LogP contribution in [0.5, 0.6) is 5.75 Å². The first-order valence-corrected chi connectivity index (χ1v) is 8.58. The third kappa shape index (κ3) is 4.49. The molecule has 0 saturated carbocycles. The number of carbonyl (C=O) groups is 1. The maximum atomic E-state index is 12.6. The average Bonchev–Trinajstić information content (AvgIpc) is 2.62. The third-order valence-corrected chi connectivity index (χ3v) is 4.32. The molecule has 24 heavy (non-hydrogen) atoms. The van der Waals surface area contributed by atoms with Crippen LogP contribution in [0.2, 0.25) is 5.02 Å². The van der Waals surface area contributed by atoms with Crippen molar-refractivity contribution in [2.75, 3.05) is 13.1 Å². The Hall–Kier alpha value is -2.04. The van der Waals surface area contributed by atoms with Gasteiger partial charge in [-0.15, -0.1) is 0 Å². The molecule has 5 heteroatoms. The zero-order valence-electron chi connectivity index (χ0n) is 13.4. The molecule has 1 fully saturated rings. The summed E-state index contributed by atoms with van der Waals surface area (Å²) in [5, 5.41) is 7.08. The minimum absolute atomic E-state index is 0.0876. The standard InChI is InChI=1S/C19H21ClN2O2/c20-15-9-7-14(8-10-15)13-24-18-6-2-1-5-17(18)19(23)22-16-4-3-11-21-12-16/h1-2,5-10,16,21H,3-4,11-13H2,(H,22,23). The monoisotopic (exact) mass is 344 g/mol. The van der Waals surface area contributed by atoms with Crippen LogP contribution in [0.25, 0.3) is 0 Å². The van der Waals surface area contributed by atoms with Crippen LogP contribution in [0.1, 0.15) is 28.8 Å². The first-order chi connectivity index (χ1) is 11.7. The lowest BCUT2D eigenvalue weighted by Crippen LogP contribution is -2.45. The van der Waals surface area contributed by atoms with Crippen molar-refractivity contribution < 1.29 is 9.53 Å². The first kappa shape index (κ1) is 16.8. The van der Waals surface area contributed by atoms with E-state index < -0.39 is 0 Å². The molecule has 1 saturated heterocycles. The highest BCUT2D eigenvalue weighted by Crippen LogP contribution is 2.20. The number of para-hydroxylation sites is 1. The normalized spacial score (nSPS) is 17.3. The van der Waals surface area contributed by atoms with Gasteiger partial charge in [-0.3, -0.25) is 4.79 Å². The Labute approximate surface area is 147 Å². The van der Waals surface area contributed by atoms with Crippen LogP contribution in [-0.2, 0) is 6.61 Å². The van der Waals surface area contributed by atoms with Gasteiger partial charge < -0.3 is 15.4 Å². The van der Waals surface area contributed by atoms with Crippen LogP contribution in [0.3, 0.4) is 0 Å². The molecule has 1 aliphatic heterocycles. The smallest absolute Gasteiger partial charge is 0.255 e. The topological polar surface area (TPSA) is 50.4 Å². The Bertz CT molecular complexity index is 682. The minimum Gasteiger partial charge on any atom is -0.488 e. The quantitative estimate of drug-likeness (QED) is 0.874. The van der Waals surface area contributed by atoms with Crippen LogP contribution in [0, 0.1) is 0 Å². The van der Waals surface area contributed by atoms with Gasteiger partial charge in [-0.2, -0.15) is 0 Å². The van der Waals surface area contributed by atoms with E-state index in [-0.39, 0.29) is 11.9 Å². The van der Waals surface area contributed by atoms with E-state index in [4.69, 9.17) is 16.3 Å². The van der Waals surface area contributed by atoms with Crippen LogP contribution in [0.15, 0.2) is 48.5 Å². The number of rotatable bonds is 5. The van der Waals surface area contributed by atoms with E-state index >= 15 is 0 Å². The zero-order chi connectivity index (χ0) is 16.8. The largest absolute Gasteiger partial charge is 0.488 e. The molecule has 1 unspecified atom stereocenters. The van der Waals surface area contributed by atoms with Crippen molar-refractivity contribution in [3.63, 3.8) is 0 Å². The van der Waals surface area contributed by atoms with Crippen molar-refractivity contribution in [3.05, 3.63) is 64.7 Å². The van der Waals surface area contributed by atoms with E-state index in [1.54, 1.807) is 6.07 Å². The number of hydrogen-bond acceptors (Lipinski definition) is 3. The number of halogens is 1. The molecule has 1 aliphatic rings. The molecule has 1 heterocycles. The van der Waals surface area contributed by atoms with Gasteiger partial charge in [-0.1, -0.05) is 35.9 Å². The molecule has 4 nitrogen and oxygen atoms in total. The van der Waals surface area contributed by atoms with Crippen LogP contribution >= 0.6 is 11.6 Å². The summed E-state index contributed by atoms with van der Waals surface area (Å²) in [7, 11) is 0. The lowest BCUT2D eigenvalue weighted by Gasteiger charge is -2.24. The summed E-state index contributed by atoms with van der Waals surface area (Å²) in [5.74, 6) is 0.504. The van der Waals surface area contributed by atoms with Gasteiger partial charge in [0.05, 0.1) is 5.56 Å². The number of amides is 1. The second-order valence-corrected chi connectivity index (χ2v) is 6.36. The summed E-state index contributed by atoms with van der Waals surface area (Å²) < 4.78 is 5.85. The number of piperidine rings is 1. The second-order valence-electron chi connectivity index (χ2n) is 5.93. The lowest BCUT2D eigenvalue weighted by atomic mass is 10.1. The number of benzene rings is 2. The molecule has 1 atom stereocenters. The van der Waals surface area contributed by atoms with Gasteiger partial charge in [0.1, 0.15) is 12.4 Å². The number of nitrogens with one attached hydrogen (secondary N) is 2. The van der Waals surface area contributed by atoms with Crippen molar-refractivity contribution in [2.45, 2.75) is 25.5 Å². The van der Waals surface area contributed by atoms with Gasteiger partial charge in [0.2, 0.25) is 0 Å². The summed E-state index contributed by atoms with van der Waals surface area (Å²) in [6, 6.07) is 15.0. The van der Waals surface area contributed by atoms with Crippen LogP contribution in [0.4, 0.5) is 0 Å². The molecule has 2 aromatic carbocycles. The fourth-order valence-corrected chi connectivity index (χ4v) is 2.89. The predicted octanol–water partition coefficient (Wildman–Crippen LogP) is 3.40. The highest BCUT2D eigenvalue weighted by atomic mass is 35.5. The number of carbonyl (C=O) groups excluding carboxylic acids is 1. The molecule has 1 amide bonds. The molecule has 0 aliphatic carbocycles. The predicted molar refractivity (Wildman–Crippen MR) is 95.6 cm³/mol. The Morgan fingerprint density at radius 3 is 2.75 bits per heavy atom. The molecular formula is C19H21ClN2O2. The summed E-state index contributed by atoms with van der Waals surface area (Å²) in [6.45, 7) is 2.24. The molecule has 0 bridgehead atoms. The second kappa shape index (κ2) is 8.18. The van der Waals surface area contributed by atoms with Gasteiger partial charge >= 0.3 is 0 Å². The average molecular weight is 345 g/mol. The highest BCUT2D eigenvalue weighted by molar-refractivity contribution is 6.30. The Balaban J connectivity index is 1.65. The van der Waals surface area contributed by atoms with Crippen LogP contribution < -0.4 is 15.4 Å². The molecule has 0 spiro atoms. The SMILES string of the molecule is O=C(NC1CCCNC1)c1ccccc1OCc1ccc(Cl)cc1. The summed E-state index contributed by atoms with van der Waals surface area (Å²) in [6.07, 6.45) is 2.09. The summed E-state index contributed by atoms with van der Waals surface area (Å²) in [5.41, 5.74) is 1.57. The third-order valence-electron chi connectivity index (χ3n) is 4.07. The maximum Gasteiger partial charge on any atom is 0.255 e. The van der Waals surface area contributed by atoms with Crippen LogP contribution in [-0.4, -0.2) is 25.0 Å². The molecule has 3 rings (SSSR count). The minimum atomic E-state index is -0.0876. The number of ether oxygens (including phenoxy) is 1. The summed E-state index contributed by atoms with van der Waals surface area (Å²) >= 11 is 5.89. The van der Waals surface area contributed by atoms with Gasteiger partial charge in [0, 0.05) is 17.6 Å². The zero-order valence-corrected chi connectivity index (χ0v) is 14.2. The van der Waals surface area contributed by atoms with Gasteiger partial charge in [-0.25, -0.2) is 0 Å². The maximum absolute atomic E-state index is 12.6. The molecule has 126 valence electrons. The van der Waals surface area contributed by atoms with Crippen molar-refractivity contribution in [3.8, 4) is 5.75 Å². The Morgan fingerprint density at radius 2 is 2.00 bits per heavy atom. The Kier molecular flexibility index (Phi) is 5.72. The van der Waals surface area contributed by atoms with E-state index in [0.717, 1.165) is 31.5 Å². The van der Waals surface area contributed by atoms with Crippen molar-refractivity contribution in [2.24, 2.45) is 0 Å². The molecule has 2 N–H and O–H groups in total. The molecule has 0 radical (unpaired) electrons. The van der Waals surface area contributed by atoms with E-state index in [2.05, 4.69) is 10.6 Å². The molecule has 0 aromatic heterocycles. The fraction of sp³-hybridized carbons (Fsp3) is 0.316. The van der Waals surface area contributed by atoms with Gasteiger partial charge in [-0.05, 0) is 49.2 Å². The molecular weight excluding hydrogens is 324 g/mol. The Morgan fingerprint density at radius 1 is 1.21 bits per heavy atom.